The highest BCUT2D eigenvalue weighted by Crippen LogP contribution is 2.21. The summed E-state index contributed by atoms with van der Waals surface area (Å²) in [5, 5.41) is 0.904. The Kier molecular flexibility index (Phi) is 2.62. The lowest BCUT2D eigenvalue weighted by Crippen LogP contribution is -2.33. The number of nitrogens with zero attached hydrogens (tertiary/aromatic N) is 1. The van der Waals surface area contributed by atoms with Crippen molar-refractivity contribution in [3.63, 3.8) is 0 Å². The molecule has 5 heteroatoms. The van der Waals surface area contributed by atoms with Crippen LogP contribution in [-0.4, -0.2) is 30.0 Å². The van der Waals surface area contributed by atoms with Gasteiger partial charge in [-0.1, -0.05) is 0 Å². The van der Waals surface area contributed by atoms with Gasteiger partial charge in [0.05, 0.1) is 29.0 Å². The average molecular weight is 212 g/mol. The van der Waals surface area contributed by atoms with Gasteiger partial charge in [-0.05, 0) is 6.92 Å². The van der Waals surface area contributed by atoms with Crippen molar-refractivity contribution in [1.29, 1.82) is 0 Å². The van der Waals surface area contributed by atoms with Crippen molar-refractivity contribution in [2.75, 3.05) is 13.2 Å². The molecular formula is C9H12N2O2S. The monoisotopic (exact) mass is 212 g/mol. The minimum Gasteiger partial charge on any atom is -0.379 e. The highest BCUT2D eigenvalue weighted by Gasteiger charge is 2.32. The molecule has 14 heavy (non-hydrogen) atoms. The van der Waals surface area contributed by atoms with Crippen LogP contribution in [-0.2, 0) is 4.74 Å². The molecule has 0 bridgehead atoms. The Morgan fingerprint density at radius 2 is 2.50 bits per heavy atom. The molecule has 1 aliphatic rings. The normalized spacial score (nSPS) is 26.7. The van der Waals surface area contributed by atoms with E-state index in [-0.39, 0.29) is 17.7 Å². The number of carbonyl (C=O) groups is 1. The standard InChI is InChI=1S/C9H12N2O2S/c1-5-11-2-8(14-5)9(12)6-3-13-4-7(6)10/h2,6-7H,3-4,10H2,1H3. The summed E-state index contributed by atoms with van der Waals surface area (Å²) in [5.74, 6) is -0.115. The number of ether oxygens (including phenoxy) is 1. The summed E-state index contributed by atoms with van der Waals surface area (Å²) >= 11 is 1.41. The Morgan fingerprint density at radius 1 is 1.71 bits per heavy atom. The fourth-order valence-corrected chi connectivity index (χ4v) is 2.28. The minimum absolute atomic E-state index is 0.0700. The number of thiazole rings is 1. The van der Waals surface area contributed by atoms with Crippen LogP contribution in [0, 0.1) is 12.8 Å². The molecule has 0 saturated carbocycles. The van der Waals surface area contributed by atoms with Crippen molar-refractivity contribution in [2.45, 2.75) is 13.0 Å². The van der Waals surface area contributed by atoms with Gasteiger partial charge in [0.15, 0.2) is 5.78 Å². The maximum atomic E-state index is 11.9. The Bertz CT molecular complexity index is 350. The number of aryl methyl sites for hydroxylation is 1. The zero-order chi connectivity index (χ0) is 10.1. The molecule has 4 nitrogen and oxygen atoms in total. The molecule has 1 saturated heterocycles. The topological polar surface area (TPSA) is 65.2 Å². The average Bonchev–Trinajstić information content (AvgIpc) is 2.73. The SMILES string of the molecule is Cc1ncc(C(=O)C2COCC2N)s1. The molecule has 0 aromatic carbocycles. The van der Waals surface area contributed by atoms with Crippen LogP contribution in [0.3, 0.4) is 0 Å². The summed E-state index contributed by atoms with van der Waals surface area (Å²) in [5.41, 5.74) is 5.76. The van der Waals surface area contributed by atoms with Gasteiger partial charge in [-0.25, -0.2) is 4.98 Å². The Morgan fingerprint density at radius 3 is 3.00 bits per heavy atom. The molecule has 0 aliphatic carbocycles. The third kappa shape index (κ3) is 1.70. The quantitative estimate of drug-likeness (QED) is 0.729. The van der Waals surface area contributed by atoms with Crippen LogP contribution in [0.4, 0.5) is 0 Å². The molecule has 1 aromatic rings. The molecule has 0 spiro atoms. The van der Waals surface area contributed by atoms with Gasteiger partial charge in [-0.15, -0.1) is 11.3 Å². The van der Waals surface area contributed by atoms with E-state index in [1.165, 1.54) is 11.3 Å². The van der Waals surface area contributed by atoms with Gasteiger partial charge < -0.3 is 10.5 Å². The first-order valence-corrected chi connectivity index (χ1v) is 5.30. The molecule has 2 unspecified atom stereocenters. The number of nitrogens with two attached hydrogens (primary N) is 1. The van der Waals surface area contributed by atoms with E-state index in [1.807, 2.05) is 6.92 Å². The number of Topliss-reactive ketones (excluding diaryl/α,β-unsaturated/α-hetero) is 1. The van der Waals surface area contributed by atoms with Gasteiger partial charge >= 0.3 is 0 Å². The van der Waals surface area contributed by atoms with Crippen molar-refractivity contribution in [2.24, 2.45) is 11.7 Å². The number of aromatic nitrogens is 1. The summed E-state index contributed by atoms with van der Waals surface area (Å²) in [6.07, 6.45) is 1.62. The number of hydrogen-bond donors (Lipinski definition) is 1. The maximum Gasteiger partial charge on any atom is 0.181 e. The third-order valence-electron chi connectivity index (χ3n) is 2.33. The summed E-state index contributed by atoms with van der Waals surface area (Å²) in [6, 6.07) is -0.162. The zero-order valence-electron chi connectivity index (χ0n) is 7.90. The van der Waals surface area contributed by atoms with Gasteiger partial charge in [0, 0.05) is 12.2 Å². The van der Waals surface area contributed by atoms with Crippen molar-refractivity contribution in [1.82, 2.24) is 4.98 Å². The maximum absolute atomic E-state index is 11.9. The van der Waals surface area contributed by atoms with Gasteiger partial charge in [0.1, 0.15) is 0 Å². The van der Waals surface area contributed by atoms with E-state index in [1.54, 1.807) is 6.20 Å². The third-order valence-corrected chi connectivity index (χ3v) is 3.25. The lowest BCUT2D eigenvalue weighted by Gasteiger charge is -2.09. The Hall–Kier alpha value is -0.780. The van der Waals surface area contributed by atoms with Crippen molar-refractivity contribution in [3.05, 3.63) is 16.1 Å². The molecular weight excluding hydrogens is 200 g/mol. The fourth-order valence-electron chi connectivity index (χ4n) is 1.50. The predicted molar refractivity (Wildman–Crippen MR) is 53.5 cm³/mol. The van der Waals surface area contributed by atoms with Crippen LogP contribution in [0.2, 0.25) is 0 Å². The molecule has 1 fully saturated rings. The lowest BCUT2D eigenvalue weighted by atomic mass is 9.99. The Labute approximate surface area is 86.1 Å². The summed E-state index contributed by atoms with van der Waals surface area (Å²) in [4.78, 5) is 16.6. The minimum atomic E-state index is -0.185. The predicted octanol–water partition coefficient (Wildman–Crippen LogP) is 0.608. The van der Waals surface area contributed by atoms with Gasteiger partial charge in [0.2, 0.25) is 0 Å². The number of ketones is 1. The van der Waals surface area contributed by atoms with Gasteiger partial charge in [0.25, 0.3) is 0 Å². The van der Waals surface area contributed by atoms with E-state index in [2.05, 4.69) is 4.98 Å². The first-order valence-electron chi connectivity index (χ1n) is 4.48. The highest BCUT2D eigenvalue weighted by atomic mass is 32.1. The Balaban J connectivity index is 2.15. The molecule has 0 amide bonds. The van der Waals surface area contributed by atoms with Crippen molar-refractivity contribution < 1.29 is 9.53 Å². The smallest absolute Gasteiger partial charge is 0.181 e. The molecule has 76 valence electrons. The molecule has 2 atom stereocenters. The van der Waals surface area contributed by atoms with Crippen LogP contribution in [0.1, 0.15) is 14.7 Å². The number of rotatable bonds is 2. The van der Waals surface area contributed by atoms with Crippen molar-refractivity contribution >= 4 is 17.1 Å². The van der Waals surface area contributed by atoms with E-state index < -0.39 is 0 Å². The first-order chi connectivity index (χ1) is 6.68. The number of carbonyl (C=O) groups excluding carboxylic acids is 1. The summed E-state index contributed by atoms with van der Waals surface area (Å²) in [7, 11) is 0. The van der Waals surface area contributed by atoms with Crippen LogP contribution in [0.5, 0.6) is 0 Å². The van der Waals surface area contributed by atoms with E-state index in [0.717, 1.165) is 5.01 Å². The summed E-state index contributed by atoms with van der Waals surface area (Å²) < 4.78 is 5.16. The second kappa shape index (κ2) is 3.76. The molecule has 1 aromatic heterocycles. The van der Waals surface area contributed by atoms with E-state index in [9.17, 15) is 4.79 Å². The summed E-state index contributed by atoms with van der Waals surface area (Å²) in [6.45, 7) is 2.80. The van der Waals surface area contributed by atoms with Crippen LogP contribution >= 0.6 is 11.3 Å². The van der Waals surface area contributed by atoms with Gasteiger partial charge in [-0.2, -0.15) is 0 Å². The largest absolute Gasteiger partial charge is 0.379 e. The molecule has 2 N–H and O–H groups in total. The molecule has 0 radical (unpaired) electrons. The zero-order valence-corrected chi connectivity index (χ0v) is 8.71. The van der Waals surface area contributed by atoms with Gasteiger partial charge in [-0.3, -0.25) is 4.79 Å². The van der Waals surface area contributed by atoms with Crippen LogP contribution in [0.15, 0.2) is 6.20 Å². The molecule has 2 heterocycles. The number of hydrogen-bond acceptors (Lipinski definition) is 5. The van der Waals surface area contributed by atoms with Crippen molar-refractivity contribution in [3.8, 4) is 0 Å². The van der Waals surface area contributed by atoms with E-state index >= 15 is 0 Å². The lowest BCUT2D eigenvalue weighted by molar-refractivity contribution is 0.0900. The van der Waals surface area contributed by atoms with E-state index in [0.29, 0.717) is 18.1 Å². The molecule has 1 aliphatic heterocycles. The van der Waals surface area contributed by atoms with E-state index in [4.69, 9.17) is 10.5 Å². The second-order valence-corrected chi connectivity index (χ2v) is 4.65. The highest BCUT2D eigenvalue weighted by molar-refractivity contribution is 7.13. The van der Waals surface area contributed by atoms with Crippen LogP contribution in [0.25, 0.3) is 0 Å². The fraction of sp³-hybridized carbons (Fsp3) is 0.556. The second-order valence-electron chi connectivity index (χ2n) is 3.42. The van der Waals surface area contributed by atoms with Crippen LogP contribution < -0.4 is 5.73 Å². The molecule has 2 rings (SSSR count). The first kappa shape index (κ1) is 9.76.